The number of allylic oxidation sites excluding steroid dienone is 2. The third-order valence-corrected chi connectivity index (χ3v) is 1.27. The van der Waals surface area contributed by atoms with Crippen LogP contribution in [0, 0.1) is 0 Å². The first-order valence-electron chi connectivity index (χ1n) is 3.25. The molecule has 0 aromatic carbocycles. The number of rotatable bonds is 0. The molecule has 12 heavy (non-hydrogen) atoms. The van der Waals surface area contributed by atoms with Gasteiger partial charge in [-0.3, -0.25) is 0 Å². The Bertz CT molecular complexity index is 228. The lowest BCUT2D eigenvalue weighted by Gasteiger charge is -1.82. The van der Waals surface area contributed by atoms with E-state index in [2.05, 4.69) is 12.2 Å². The van der Waals surface area contributed by atoms with E-state index in [0.29, 0.717) is 12.2 Å². The fourth-order valence-electron chi connectivity index (χ4n) is 0.793. The molecule has 0 spiro atoms. The number of epoxide rings is 1. The van der Waals surface area contributed by atoms with Crippen LogP contribution in [0.25, 0.3) is 0 Å². The molecule has 2 aliphatic rings. The smallest absolute Gasteiger partial charge is 0.361 e. The van der Waals surface area contributed by atoms with E-state index in [9.17, 15) is 0 Å². The second-order valence-corrected chi connectivity index (χ2v) is 3.37. The first-order valence-corrected chi connectivity index (χ1v) is 4.82. The summed E-state index contributed by atoms with van der Waals surface area (Å²) in [6, 6.07) is 0. The number of fused-ring (bicyclic) bond motifs is 1. The molecule has 5 nitrogen and oxygen atoms in total. The van der Waals surface area contributed by atoms with Crippen molar-refractivity contribution >= 4 is 7.82 Å². The number of hydrogen-bond acceptors (Lipinski definition) is 2. The van der Waals surface area contributed by atoms with Crippen molar-refractivity contribution in [2.75, 3.05) is 0 Å². The van der Waals surface area contributed by atoms with Crippen molar-refractivity contribution in [2.24, 2.45) is 0 Å². The van der Waals surface area contributed by atoms with Crippen LogP contribution in [-0.2, 0) is 9.30 Å². The van der Waals surface area contributed by atoms with E-state index in [-0.39, 0.29) is 0 Å². The average Bonchev–Trinajstić information content (AvgIpc) is 2.59. The fraction of sp³-hybridized carbons (Fsp3) is 0.333. The molecule has 2 atom stereocenters. The van der Waals surface area contributed by atoms with Gasteiger partial charge < -0.3 is 19.4 Å². The van der Waals surface area contributed by atoms with Crippen molar-refractivity contribution in [1.29, 1.82) is 0 Å². The molecule has 1 heterocycles. The van der Waals surface area contributed by atoms with E-state index < -0.39 is 7.82 Å². The first-order chi connectivity index (χ1) is 5.47. The van der Waals surface area contributed by atoms with Crippen LogP contribution < -0.4 is 0 Å². The molecular formula is C6H9O5P. The van der Waals surface area contributed by atoms with Gasteiger partial charge in [-0.1, -0.05) is 24.3 Å². The SMILES string of the molecule is C1=CC2OC2C=C1.O=P(O)(O)O. The summed E-state index contributed by atoms with van der Waals surface area (Å²) in [4.78, 5) is 21.6. The maximum atomic E-state index is 8.88. The molecule has 1 fully saturated rings. The molecule has 2 unspecified atom stereocenters. The second kappa shape index (κ2) is 3.51. The van der Waals surface area contributed by atoms with Crippen LogP contribution in [0.4, 0.5) is 0 Å². The van der Waals surface area contributed by atoms with Gasteiger partial charge in [0.25, 0.3) is 0 Å². The average molecular weight is 192 g/mol. The van der Waals surface area contributed by atoms with E-state index in [1.807, 2.05) is 12.2 Å². The lowest BCUT2D eigenvalue weighted by Crippen LogP contribution is -1.86. The standard InChI is InChI=1S/C6H6O.H3O4P/c1-2-4-6-5(3-1)7-6;1-5(2,3)4/h1-6H;(H3,1,2,3,4). The molecule has 68 valence electrons. The van der Waals surface area contributed by atoms with Crippen molar-refractivity contribution in [3.8, 4) is 0 Å². The van der Waals surface area contributed by atoms with E-state index >= 15 is 0 Å². The normalized spacial score (nSPS) is 30.2. The predicted octanol–water partition coefficient (Wildman–Crippen LogP) is -0.0488. The van der Waals surface area contributed by atoms with Gasteiger partial charge in [0.15, 0.2) is 0 Å². The molecular weight excluding hydrogens is 183 g/mol. The Labute approximate surface area is 69.2 Å². The largest absolute Gasteiger partial charge is 0.466 e. The molecule has 3 N–H and O–H groups in total. The van der Waals surface area contributed by atoms with Crippen LogP contribution in [0.15, 0.2) is 24.3 Å². The van der Waals surface area contributed by atoms with Gasteiger partial charge in [0.05, 0.1) is 0 Å². The Balaban J connectivity index is 0.000000130. The number of ether oxygens (including phenoxy) is 1. The van der Waals surface area contributed by atoms with Crippen LogP contribution in [0.3, 0.4) is 0 Å². The molecule has 1 saturated heterocycles. The molecule has 0 saturated carbocycles. The summed E-state index contributed by atoms with van der Waals surface area (Å²) in [5, 5.41) is 0. The van der Waals surface area contributed by atoms with Crippen LogP contribution in [0.5, 0.6) is 0 Å². The Hall–Kier alpha value is -0.450. The summed E-state index contributed by atoms with van der Waals surface area (Å²) >= 11 is 0. The predicted molar refractivity (Wildman–Crippen MR) is 41.2 cm³/mol. The summed E-state index contributed by atoms with van der Waals surface area (Å²) < 4.78 is 14.0. The molecule has 6 heteroatoms. The molecule has 1 aliphatic carbocycles. The van der Waals surface area contributed by atoms with E-state index in [4.69, 9.17) is 24.0 Å². The summed E-state index contributed by atoms with van der Waals surface area (Å²) in [5.74, 6) is 0. The van der Waals surface area contributed by atoms with Crippen molar-refractivity contribution in [2.45, 2.75) is 12.2 Å². The minimum absolute atomic E-state index is 0.435. The Morgan fingerprint density at radius 2 is 1.42 bits per heavy atom. The third-order valence-electron chi connectivity index (χ3n) is 1.27. The molecule has 0 radical (unpaired) electrons. The second-order valence-electron chi connectivity index (χ2n) is 2.35. The zero-order valence-corrected chi connectivity index (χ0v) is 6.96. The van der Waals surface area contributed by atoms with Crippen molar-refractivity contribution in [1.82, 2.24) is 0 Å². The molecule has 0 bridgehead atoms. The van der Waals surface area contributed by atoms with Crippen LogP contribution >= 0.6 is 7.82 Å². The number of phosphoric acid groups is 1. The zero-order valence-electron chi connectivity index (χ0n) is 6.07. The van der Waals surface area contributed by atoms with Gasteiger partial charge in [-0.25, -0.2) is 4.57 Å². The molecule has 0 aromatic rings. The summed E-state index contributed by atoms with van der Waals surface area (Å²) in [7, 11) is -4.64. The van der Waals surface area contributed by atoms with Crippen molar-refractivity contribution in [3.05, 3.63) is 24.3 Å². The highest BCUT2D eigenvalue weighted by Gasteiger charge is 2.34. The molecule has 2 rings (SSSR count). The fourth-order valence-corrected chi connectivity index (χ4v) is 0.793. The number of hydrogen-bond donors (Lipinski definition) is 3. The lowest BCUT2D eigenvalue weighted by molar-refractivity contribution is 0.275. The first kappa shape index (κ1) is 9.64. The van der Waals surface area contributed by atoms with E-state index in [1.165, 1.54) is 0 Å². The summed E-state index contributed by atoms with van der Waals surface area (Å²) in [6.07, 6.45) is 9.06. The quantitative estimate of drug-likeness (QED) is 0.370. The highest BCUT2D eigenvalue weighted by molar-refractivity contribution is 7.45. The molecule has 0 amide bonds. The van der Waals surface area contributed by atoms with Crippen LogP contribution in [0.2, 0.25) is 0 Å². The van der Waals surface area contributed by atoms with Gasteiger partial charge in [-0.15, -0.1) is 0 Å². The van der Waals surface area contributed by atoms with Gasteiger partial charge in [-0.2, -0.15) is 0 Å². The topological polar surface area (TPSA) is 90.3 Å². The Kier molecular flexibility index (Phi) is 2.82. The highest BCUT2D eigenvalue weighted by atomic mass is 31.2. The van der Waals surface area contributed by atoms with Crippen molar-refractivity contribution < 1.29 is 24.0 Å². The Morgan fingerprint density at radius 1 is 1.08 bits per heavy atom. The maximum absolute atomic E-state index is 8.88. The maximum Gasteiger partial charge on any atom is 0.466 e. The monoisotopic (exact) mass is 192 g/mol. The van der Waals surface area contributed by atoms with Crippen LogP contribution in [-0.4, -0.2) is 26.9 Å². The lowest BCUT2D eigenvalue weighted by atomic mass is 10.2. The van der Waals surface area contributed by atoms with Crippen LogP contribution in [0.1, 0.15) is 0 Å². The summed E-state index contributed by atoms with van der Waals surface area (Å²) in [5.41, 5.74) is 0. The van der Waals surface area contributed by atoms with Gasteiger partial charge in [0.1, 0.15) is 12.2 Å². The van der Waals surface area contributed by atoms with Gasteiger partial charge in [0, 0.05) is 0 Å². The molecule has 1 aliphatic heterocycles. The minimum atomic E-state index is -4.64. The van der Waals surface area contributed by atoms with Gasteiger partial charge in [0.2, 0.25) is 0 Å². The van der Waals surface area contributed by atoms with Gasteiger partial charge >= 0.3 is 7.82 Å². The Morgan fingerprint density at radius 3 is 1.67 bits per heavy atom. The zero-order chi connectivity index (χ0) is 9.19. The minimum Gasteiger partial charge on any atom is -0.361 e. The van der Waals surface area contributed by atoms with E-state index in [0.717, 1.165) is 0 Å². The highest BCUT2D eigenvalue weighted by Crippen LogP contribution is 2.26. The van der Waals surface area contributed by atoms with Crippen molar-refractivity contribution in [3.63, 3.8) is 0 Å². The molecule has 0 aromatic heterocycles. The van der Waals surface area contributed by atoms with Gasteiger partial charge in [-0.05, 0) is 0 Å². The van der Waals surface area contributed by atoms with E-state index in [1.54, 1.807) is 0 Å². The summed E-state index contributed by atoms with van der Waals surface area (Å²) in [6.45, 7) is 0. The third kappa shape index (κ3) is 4.43.